The zero-order valence-electron chi connectivity index (χ0n) is 20.4. The van der Waals surface area contributed by atoms with Crippen LogP contribution in [0, 0.1) is 0 Å². The van der Waals surface area contributed by atoms with Gasteiger partial charge in [-0.1, -0.05) is 29.8 Å². The highest BCUT2D eigenvalue weighted by Crippen LogP contribution is 2.35. The lowest BCUT2D eigenvalue weighted by Crippen LogP contribution is -2.24. The smallest absolute Gasteiger partial charge is 0.350 e. The van der Waals surface area contributed by atoms with Gasteiger partial charge in [-0.05, 0) is 53.1 Å². The highest BCUT2D eigenvalue weighted by Gasteiger charge is 2.28. The van der Waals surface area contributed by atoms with Gasteiger partial charge in [-0.2, -0.15) is 8.78 Å². The Hall–Kier alpha value is -4.11. The number of aromatic nitrogens is 5. The molecule has 0 amide bonds. The predicted molar refractivity (Wildman–Crippen MR) is 140 cm³/mol. The van der Waals surface area contributed by atoms with Crippen molar-refractivity contribution in [1.82, 2.24) is 24.1 Å². The van der Waals surface area contributed by atoms with Crippen molar-refractivity contribution in [1.29, 1.82) is 0 Å². The highest BCUT2D eigenvalue weighted by atomic mass is 35.5. The van der Waals surface area contributed by atoms with Crippen molar-refractivity contribution in [3.63, 3.8) is 0 Å². The first-order valence-corrected chi connectivity index (χ1v) is 11.9. The second kappa shape index (κ2) is 9.40. The van der Waals surface area contributed by atoms with Crippen molar-refractivity contribution in [3.05, 3.63) is 100.0 Å². The standard InChI is InChI=1S/C27H23ClF2N6O/c1-27(29,30)22-9-6-19(24(32-22)34(2)3)16-36-26(37)35-15-12-21(17-4-7-20(28)8-5-17)23(25(35)33-36)18-10-13-31-14-11-18/h4-15H,16H2,1-3H3. The lowest BCUT2D eigenvalue weighted by Gasteiger charge is -2.19. The summed E-state index contributed by atoms with van der Waals surface area (Å²) in [6, 6.07) is 15.9. The van der Waals surface area contributed by atoms with Gasteiger partial charge in [-0.3, -0.25) is 4.98 Å². The van der Waals surface area contributed by atoms with Crippen LogP contribution in [0.2, 0.25) is 5.02 Å². The van der Waals surface area contributed by atoms with Gasteiger partial charge in [-0.15, -0.1) is 5.10 Å². The molecule has 0 fully saturated rings. The number of hydrogen-bond donors (Lipinski definition) is 0. The molecule has 188 valence electrons. The molecule has 0 spiro atoms. The van der Waals surface area contributed by atoms with Gasteiger partial charge in [0.15, 0.2) is 5.65 Å². The average Bonchev–Trinajstić information content (AvgIpc) is 3.19. The number of nitrogens with zero attached hydrogens (tertiary/aromatic N) is 6. The SMILES string of the molecule is CN(C)c1nc(C(C)(F)F)ccc1Cn1nc2c(-c3ccncc3)c(-c3ccc(Cl)cc3)ccn2c1=O. The summed E-state index contributed by atoms with van der Waals surface area (Å²) in [6.45, 7) is 0.864. The molecule has 0 radical (unpaired) electrons. The minimum atomic E-state index is -3.08. The largest absolute Gasteiger partial charge is 0.362 e. The van der Waals surface area contributed by atoms with E-state index < -0.39 is 5.92 Å². The molecule has 1 aromatic carbocycles. The van der Waals surface area contributed by atoms with Gasteiger partial charge in [0.05, 0.1) is 6.54 Å². The number of anilines is 1. The van der Waals surface area contributed by atoms with Crippen molar-refractivity contribution in [2.24, 2.45) is 0 Å². The third-order valence-electron chi connectivity index (χ3n) is 6.03. The molecule has 0 saturated carbocycles. The number of rotatable bonds is 6. The molecule has 4 heterocycles. The maximum Gasteiger partial charge on any atom is 0.350 e. The van der Waals surface area contributed by atoms with E-state index in [-0.39, 0.29) is 17.9 Å². The molecule has 0 aliphatic heterocycles. The van der Waals surface area contributed by atoms with E-state index in [0.29, 0.717) is 22.1 Å². The van der Waals surface area contributed by atoms with E-state index in [1.54, 1.807) is 55.8 Å². The molecule has 0 N–H and O–H groups in total. The number of benzene rings is 1. The number of alkyl halides is 2. The molecule has 7 nitrogen and oxygen atoms in total. The minimum absolute atomic E-state index is 0.0582. The molecular weight excluding hydrogens is 498 g/mol. The molecule has 37 heavy (non-hydrogen) atoms. The Morgan fingerprint density at radius 3 is 2.32 bits per heavy atom. The first kappa shape index (κ1) is 24.6. The van der Waals surface area contributed by atoms with E-state index >= 15 is 0 Å². The highest BCUT2D eigenvalue weighted by molar-refractivity contribution is 6.30. The van der Waals surface area contributed by atoms with Gasteiger partial charge in [0, 0.05) is 55.8 Å². The lowest BCUT2D eigenvalue weighted by molar-refractivity contribution is 0.0128. The van der Waals surface area contributed by atoms with Crippen molar-refractivity contribution in [2.75, 3.05) is 19.0 Å². The first-order valence-electron chi connectivity index (χ1n) is 11.5. The van der Waals surface area contributed by atoms with Crippen molar-refractivity contribution < 1.29 is 8.78 Å². The quantitative estimate of drug-likeness (QED) is 0.296. The fourth-order valence-electron chi connectivity index (χ4n) is 4.25. The Balaban J connectivity index is 1.68. The van der Waals surface area contributed by atoms with Gasteiger partial charge in [0.1, 0.15) is 11.5 Å². The van der Waals surface area contributed by atoms with Crippen LogP contribution >= 0.6 is 11.6 Å². The van der Waals surface area contributed by atoms with E-state index in [2.05, 4.69) is 15.1 Å². The van der Waals surface area contributed by atoms with Crippen molar-refractivity contribution in [2.45, 2.75) is 19.4 Å². The second-order valence-electron chi connectivity index (χ2n) is 8.94. The molecule has 5 rings (SSSR count). The van der Waals surface area contributed by atoms with Crippen LogP contribution in [0.15, 0.2) is 78.0 Å². The zero-order chi connectivity index (χ0) is 26.3. The molecule has 0 atom stereocenters. The van der Waals surface area contributed by atoms with E-state index in [4.69, 9.17) is 11.6 Å². The van der Waals surface area contributed by atoms with Crippen LogP contribution in [-0.4, -0.2) is 38.2 Å². The second-order valence-corrected chi connectivity index (χ2v) is 9.38. The van der Waals surface area contributed by atoms with E-state index in [0.717, 1.165) is 29.2 Å². The summed E-state index contributed by atoms with van der Waals surface area (Å²) < 4.78 is 30.6. The maximum atomic E-state index is 13.9. The van der Waals surface area contributed by atoms with Crippen LogP contribution in [0.25, 0.3) is 27.9 Å². The Morgan fingerprint density at radius 1 is 0.973 bits per heavy atom. The monoisotopic (exact) mass is 520 g/mol. The van der Waals surface area contributed by atoms with Crippen LogP contribution in [-0.2, 0) is 12.5 Å². The Bertz CT molecular complexity index is 1640. The molecule has 0 unspecified atom stereocenters. The van der Waals surface area contributed by atoms with Gasteiger partial charge < -0.3 is 4.90 Å². The van der Waals surface area contributed by atoms with Crippen LogP contribution in [0.5, 0.6) is 0 Å². The maximum absolute atomic E-state index is 13.9. The molecule has 0 bridgehead atoms. The van der Waals surface area contributed by atoms with E-state index in [9.17, 15) is 13.6 Å². The summed E-state index contributed by atoms with van der Waals surface area (Å²) in [5.41, 5.74) is 3.74. The molecule has 0 saturated heterocycles. The summed E-state index contributed by atoms with van der Waals surface area (Å²) in [7, 11) is 3.44. The topological polar surface area (TPSA) is 68.3 Å². The Kier molecular flexibility index (Phi) is 6.25. The van der Waals surface area contributed by atoms with Gasteiger partial charge in [-0.25, -0.2) is 18.9 Å². The summed E-state index contributed by atoms with van der Waals surface area (Å²) >= 11 is 6.10. The van der Waals surface area contributed by atoms with Crippen LogP contribution in [0.4, 0.5) is 14.6 Å². The molecular formula is C27H23ClF2N6O. The minimum Gasteiger partial charge on any atom is -0.362 e. The number of pyridine rings is 3. The summed E-state index contributed by atoms with van der Waals surface area (Å²) in [4.78, 5) is 23.3. The van der Waals surface area contributed by atoms with Gasteiger partial charge >= 0.3 is 5.69 Å². The number of hydrogen-bond acceptors (Lipinski definition) is 5. The third kappa shape index (κ3) is 4.70. The molecule has 4 aromatic heterocycles. The van der Waals surface area contributed by atoms with Crippen molar-refractivity contribution >= 4 is 23.1 Å². The lowest BCUT2D eigenvalue weighted by atomic mass is 9.96. The molecule has 0 aliphatic rings. The molecule has 5 aromatic rings. The number of fused-ring (bicyclic) bond motifs is 1. The zero-order valence-corrected chi connectivity index (χ0v) is 21.1. The van der Waals surface area contributed by atoms with Gasteiger partial charge in [0.25, 0.3) is 5.92 Å². The summed E-state index contributed by atoms with van der Waals surface area (Å²) in [5, 5.41) is 5.30. The summed E-state index contributed by atoms with van der Waals surface area (Å²) in [6.07, 6.45) is 5.04. The predicted octanol–water partition coefficient (Wildman–Crippen LogP) is 5.50. The van der Waals surface area contributed by atoms with Gasteiger partial charge in [0.2, 0.25) is 0 Å². The Labute approximate surface area is 216 Å². The first-order chi connectivity index (χ1) is 17.6. The van der Waals surface area contributed by atoms with E-state index in [1.807, 2.05) is 30.3 Å². The average molecular weight is 521 g/mol. The van der Waals surface area contributed by atoms with Crippen molar-refractivity contribution in [3.8, 4) is 22.3 Å². The molecule has 10 heteroatoms. The fraction of sp³-hybridized carbons (Fsp3) is 0.185. The fourth-order valence-corrected chi connectivity index (χ4v) is 4.37. The molecule has 0 aliphatic carbocycles. The van der Waals surface area contributed by atoms with Crippen LogP contribution in [0.1, 0.15) is 18.2 Å². The van der Waals surface area contributed by atoms with E-state index in [1.165, 1.54) is 15.1 Å². The third-order valence-corrected chi connectivity index (χ3v) is 6.28. The Morgan fingerprint density at radius 2 is 1.68 bits per heavy atom. The van der Waals surface area contributed by atoms with Crippen LogP contribution < -0.4 is 10.6 Å². The normalized spacial score (nSPS) is 11.7. The summed E-state index contributed by atoms with van der Waals surface area (Å²) in [5.74, 6) is -2.74. The van der Waals surface area contributed by atoms with Crippen LogP contribution in [0.3, 0.4) is 0 Å². The number of halogens is 3.